The molecule has 0 bridgehead atoms. The van der Waals surface area contributed by atoms with Gasteiger partial charge < -0.3 is 15.2 Å². The summed E-state index contributed by atoms with van der Waals surface area (Å²) in [7, 11) is 0. The Kier molecular flexibility index (Phi) is 2.93. The molecule has 6 heteroatoms. The van der Waals surface area contributed by atoms with E-state index in [4.69, 9.17) is 4.74 Å². The number of nitrogens with zero attached hydrogens (tertiary/aromatic N) is 2. The second-order valence-corrected chi connectivity index (χ2v) is 5.58. The minimum atomic E-state index is -0.774. The van der Waals surface area contributed by atoms with Crippen LogP contribution in [0.5, 0.6) is 0 Å². The molecular weight excluding hydrogens is 250 g/mol. The van der Waals surface area contributed by atoms with Crippen LogP contribution in [0.1, 0.15) is 12.0 Å². The van der Waals surface area contributed by atoms with E-state index in [1.165, 1.54) is 0 Å². The molecule has 2 aromatic heterocycles. The van der Waals surface area contributed by atoms with Crippen LogP contribution in [0.4, 0.5) is 5.82 Å². The molecule has 1 saturated heterocycles. The number of thiophene rings is 1. The molecule has 96 valence electrons. The molecule has 0 radical (unpaired) electrons. The van der Waals surface area contributed by atoms with E-state index >= 15 is 0 Å². The highest BCUT2D eigenvalue weighted by Crippen LogP contribution is 2.29. The fourth-order valence-electron chi connectivity index (χ4n) is 2.08. The Bertz CT molecular complexity index is 563. The Balaban J connectivity index is 1.82. The minimum absolute atomic E-state index is 0.387. The van der Waals surface area contributed by atoms with Gasteiger partial charge in [0.1, 0.15) is 17.7 Å². The summed E-state index contributed by atoms with van der Waals surface area (Å²) in [6, 6.07) is 0. The Morgan fingerprint density at radius 3 is 3.22 bits per heavy atom. The maximum Gasteiger partial charge on any atom is 0.147 e. The van der Waals surface area contributed by atoms with E-state index < -0.39 is 5.60 Å². The largest absolute Gasteiger partial charge is 0.386 e. The second kappa shape index (κ2) is 4.46. The summed E-state index contributed by atoms with van der Waals surface area (Å²) in [6.07, 6.45) is 2.22. The van der Waals surface area contributed by atoms with Crippen LogP contribution in [0.3, 0.4) is 0 Å². The summed E-state index contributed by atoms with van der Waals surface area (Å²) in [5.74, 6) is 0.790. The SMILES string of the molecule is Cc1csc2c(NCC3(O)CCOC3)ncnc12. The summed E-state index contributed by atoms with van der Waals surface area (Å²) >= 11 is 1.62. The number of rotatable bonds is 3. The predicted molar refractivity (Wildman–Crippen MR) is 71.0 cm³/mol. The van der Waals surface area contributed by atoms with Crippen LogP contribution in [0.25, 0.3) is 10.2 Å². The number of fused-ring (bicyclic) bond motifs is 1. The van der Waals surface area contributed by atoms with Crippen molar-refractivity contribution in [2.24, 2.45) is 0 Å². The van der Waals surface area contributed by atoms with Crippen LogP contribution in [-0.2, 0) is 4.74 Å². The van der Waals surface area contributed by atoms with E-state index in [-0.39, 0.29) is 0 Å². The Labute approximate surface area is 109 Å². The van der Waals surface area contributed by atoms with Gasteiger partial charge in [0.05, 0.1) is 16.8 Å². The van der Waals surface area contributed by atoms with Crippen molar-refractivity contribution >= 4 is 27.4 Å². The van der Waals surface area contributed by atoms with Gasteiger partial charge >= 0.3 is 0 Å². The second-order valence-electron chi connectivity index (χ2n) is 4.70. The summed E-state index contributed by atoms with van der Waals surface area (Å²) in [5, 5.41) is 15.5. The highest BCUT2D eigenvalue weighted by Gasteiger charge is 2.32. The van der Waals surface area contributed by atoms with Gasteiger partial charge in [0.15, 0.2) is 0 Å². The standard InChI is InChI=1S/C12H15N3O2S/c1-8-4-18-10-9(8)14-7-15-11(10)13-5-12(16)2-3-17-6-12/h4,7,16H,2-3,5-6H2,1H3,(H,13,14,15). The summed E-state index contributed by atoms with van der Waals surface area (Å²) in [6.45, 7) is 3.50. The third-order valence-electron chi connectivity index (χ3n) is 3.20. The maximum absolute atomic E-state index is 10.2. The molecule has 1 fully saturated rings. The zero-order valence-corrected chi connectivity index (χ0v) is 11.0. The van der Waals surface area contributed by atoms with Crippen LogP contribution in [0, 0.1) is 6.92 Å². The molecule has 1 atom stereocenters. The zero-order chi connectivity index (χ0) is 12.6. The lowest BCUT2D eigenvalue weighted by Gasteiger charge is -2.20. The summed E-state index contributed by atoms with van der Waals surface area (Å²) < 4.78 is 6.26. The van der Waals surface area contributed by atoms with Crippen LogP contribution >= 0.6 is 11.3 Å². The van der Waals surface area contributed by atoms with E-state index in [1.54, 1.807) is 17.7 Å². The number of aromatic nitrogens is 2. The van der Waals surface area contributed by atoms with Gasteiger partial charge in [-0.15, -0.1) is 11.3 Å². The predicted octanol–water partition coefficient (Wildman–Crippen LogP) is 1.56. The van der Waals surface area contributed by atoms with E-state index in [0.717, 1.165) is 21.6 Å². The number of aliphatic hydroxyl groups is 1. The van der Waals surface area contributed by atoms with Gasteiger partial charge in [0.25, 0.3) is 0 Å². The highest BCUT2D eigenvalue weighted by atomic mass is 32.1. The zero-order valence-electron chi connectivity index (χ0n) is 10.1. The number of nitrogens with one attached hydrogen (secondary N) is 1. The number of aryl methyl sites for hydroxylation is 1. The summed E-state index contributed by atoms with van der Waals surface area (Å²) in [4.78, 5) is 8.52. The van der Waals surface area contributed by atoms with E-state index in [1.807, 2.05) is 6.92 Å². The fourth-order valence-corrected chi connectivity index (χ4v) is 3.05. The first kappa shape index (κ1) is 11.8. The smallest absolute Gasteiger partial charge is 0.147 e. The lowest BCUT2D eigenvalue weighted by Crippen LogP contribution is -2.37. The van der Waals surface area contributed by atoms with Gasteiger partial charge in [-0.05, 0) is 17.9 Å². The van der Waals surface area contributed by atoms with Crippen molar-refractivity contribution in [3.63, 3.8) is 0 Å². The average molecular weight is 265 g/mol. The molecule has 1 aliphatic rings. The molecule has 1 aliphatic heterocycles. The highest BCUT2D eigenvalue weighted by molar-refractivity contribution is 7.18. The van der Waals surface area contributed by atoms with Crippen molar-refractivity contribution in [3.8, 4) is 0 Å². The molecule has 0 saturated carbocycles. The fraction of sp³-hybridized carbons (Fsp3) is 0.500. The first-order chi connectivity index (χ1) is 8.68. The van der Waals surface area contributed by atoms with Gasteiger partial charge in [0.2, 0.25) is 0 Å². The van der Waals surface area contributed by atoms with E-state index in [0.29, 0.717) is 26.2 Å². The molecule has 0 spiro atoms. The monoisotopic (exact) mass is 265 g/mol. The molecule has 18 heavy (non-hydrogen) atoms. The molecule has 3 rings (SSSR count). The van der Waals surface area contributed by atoms with Crippen molar-refractivity contribution in [2.75, 3.05) is 25.1 Å². The van der Waals surface area contributed by atoms with Gasteiger partial charge in [-0.3, -0.25) is 0 Å². The number of ether oxygens (including phenoxy) is 1. The van der Waals surface area contributed by atoms with Crippen molar-refractivity contribution in [1.82, 2.24) is 9.97 Å². The number of hydrogen-bond acceptors (Lipinski definition) is 6. The average Bonchev–Trinajstić information content (AvgIpc) is 2.96. The van der Waals surface area contributed by atoms with Crippen LogP contribution in [-0.4, -0.2) is 40.4 Å². The minimum Gasteiger partial charge on any atom is -0.386 e. The molecule has 2 aromatic rings. The van der Waals surface area contributed by atoms with E-state index in [2.05, 4.69) is 20.7 Å². The van der Waals surface area contributed by atoms with Crippen molar-refractivity contribution in [2.45, 2.75) is 18.9 Å². The molecule has 0 aromatic carbocycles. The number of anilines is 1. The molecular formula is C12H15N3O2S. The van der Waals surface area contributed by atoms with Gasteiger partial charge in [0, 0.05) is 19.6 Å². The third-order valence-corrected chi connectivity index (χ3v) is 4.29. The van der Waals surface area contributed by atoms with Crippen LogP contribution in [0.2, 0.25) is 0 Å². The van der Waals surface area contributed by atoms with Crippen molar-refractivity contribution in [1.29, 1.82) is 0 Å². The first-order valence-electron chi connectivity index (χ1n) is 5.91. The Morgan fingerprint density at radius 1 is 1.56 bits per heavy atom. The quantitative estimate of drug-likeness (QED) is 0.881. The van der Waals surface area contributed by atoms with Crippen LogP contribution in [0.15, 0.2) is 11.7 Å². The van der Waals surface area contributed by atoms with Crippen molar-refractivity contribution < 1.29 is 9.84 Å². The van der Waals surface area contributed by atoms with Gasteiger partial charge in [-0.2, -0.15) is 0 Å². The van der Waals surface area contributed by atoms with E-state index in [9.17, 15) is 5.11 Å². The van der Waals surface area contributed by atoms with Crippen molar-refractivity contribution in [3.05, 3.63) is 17.3 Å². The Hall–Kier alpha value is -1.24. The number of hydrogen-bond donors (Lipinski definition) is 2. The molecule has 3 heterocycles. The Morgan fingerprint density at radius 2 is 2.44 bits per heavy atom. The molecule has 5 nitrogen and oxygen atoms in total. The third kappa shape index (κ3) is 2.07. The molecule has 2 N–H and O–H groups in total. The molecule has 0 aliphatic carbocycles. The van der Waals surface area contributed by atoms with Gasteiger partial charge in [-0.25, -0.2) is 9.97 Å². The van der Waals surface area contributed by atoms with Crippen LogP contribution < -0.4 is 5.32 Å². The molecule has 1 unspecified atom stereocenters. The normalized spacial score (nSPS) is 23.7. The summed E-state index contributed by atoms with van der Waals surface area (Å²) in [5.41, 5.74) is 1.36. The lowest BCUT2D eigenvalue weighted by molar-refractivity contribution is 0.0381. The lowest BCUT2D eigenvalue weighted by atomic mass is 10.0. The van der Waals surface area contributed by atoms with Gasteiger partial charge in [-0.1, -0.05) is 0 Å². The first-order valence-corrected chi connectivity index (χ1v) is 6.79. The maximum atomic E-state index is 10.2. The molecule has 0 amide bonds. The topological polar surface area (TPSA) is 67.3 Å².